The summed E-state index contributed by atoms with van der Waals surface area (Å²) in [7, 11) is 0. The lowest BCUT2D eigenvalue weighted by Gasteiger charge is -2.59. The summed E-state index contributed by atoms with van der Waals surface area (Å²) >= 11 is 1.88. The van der Waals surface area contributed by atoms with E-state index < -0.39 is 0 Å². The normalized spacial score (nSPS) is 21.5. The predicted molar refractivity (Wildman–Crippen MR) is 264 cm³/mol. The van der Waals surface area contributed by atoms with Crippen molar-refractivity contribution in [3.8, 4) is 27.9 Å². The molecule has 2 aromatic heterocycles. The summed E-state index contributed by atoms with van der Waals surface area (Å²) in [6.45, 7) is 5.03. The number of hydrogen-bond acceptors (Lipinski definition) is 2. The second-order valence-electron chi connectivity index (χ2n) is 18.7. The molecule has 3 heterocycles. The molecule has 13 rings (SSSR count). The van der Waals surface area contributed by atoms with Crippen molar-refractivity contribution in [1.29, 1.82) is 0 Å². The number of rotatable bonds is 5. The van der Waals surface area contributed by atoms with Crippen molar-refractivity contribution in [2.75, 3.05) is 4.90 Å². The molecule has 0 N–H and O–H groups in total. The molecule has 0 saturated heterocycles. The molecule has 2 bridgehead atoms. The molecule has 0 radical (unpaired) electrons. The molecule has 8 aromatic carbocycles. The van der Waals surface area contributed by atoms with Crippen molar-refractivity contribution in [2.24, 2.45) is 23.7 Å². The van der Waals surface area contributed by atoms with Gasteiger partial charge in [-0.3, -0.25) is 0 Å². The SMILES string of the molecule is CC1CC2CC(C)CC(C1)C21c2ccccc2-n2c3ccccc3c3c(N(c4ccccc4)c4ccc(-c5ccccc5-c5cccc6sc7ccccc7c56)cc4)ccc1c32. The number of aromatic nitrogens is 1. The summed E-state index contributed by atoms with van der Waals surface area (Å²) in [5, 5.41) is 5.34. The van der Waals surface area contributed by atoms with Crippen LogP contribution < -0.4 is 4.90 Å². The van der Waals surface area contributed by atoms with Gasteiger partial charge in [0.15, 0.2) is 0 Å². The second kappa shape index (κ2) is 13.8. The zero-order valence-electron chi connectivity index (χ0n) is 35.3. The highest BCUT2D eigenvalue weighted by Gasteiger charge is 2.57. The molecule has 0 unspecified atom stereocenters. The molecule has 0 amide bonds. The Bertz CT molecular complexity index is 3340. The molecular formula is C59H48N2S. The van der Waals surface area contributed by atoms with Crippen LogP contribution in [0.25, 0.3) is 69.9 Å². The lowest BCUT2D eigenvalue weighted by Crippen LogP contribution is -2.53. The lowest BCUT2D eigenvalue weighted by atomic mass is 9.46. The third kappa shape index (κ3) is 5.09. The largest absolute Gasteiger partial charge is 0.310 e. The number of para-hydroxylation sites is 3. The zero-order valence-corrected chi connectivity index (χ0v) is 36.1. The molecule has 2 aliphatic carbocycles. The number of anilines is 3. The minimum atomic E-state index is 0.00300. The molecule has 2 saturated carbocycles. The summed E-state index contributed by atoms with van der Waals surface area (Å²) in [5.41, 5.74) is 15.7. The van der Waals surface area contributed by atoms with Gasteiger partial charge in [0, 0.05) is 47.7 Å². The molecular weight excluding hydrogens is 769 g/mol. The first-order valence-electron chi connectivity index (χ1n) is 22.7. The molecule has 2 nitrogen and oxygen atoms in total. The Morgan fingerprint density at radius 1 is 0.484 bits per heavy atom. The Morgan fingerprint density at radius 2 is 1.10 bits per heavy atom. The molecule has 3 aliphatic rings. The van der Waals surface area contributed by atoms with Gasteiger partial charge in [-0.25, -0.2) is 0 Å². The average molecular weight is 817 g/mol. The minimum Gasteiger partial charge on any atom is -0.310 e. The van der Waals surface area contributed by atoms with Crippen LogP contribution in [-0.4, -0.2) is 4.57 Å². The topological polar surface area (TPSA) is 8.17 Å². The molecule has 1 aliphatic heterocycles. The minimum absolute atomic E-state index is 0.00300. The first-order chi connectivity index (χ1) is 30.6. The van der Waals surface area contributed by atoms with Crippen LogP contribution in [0.15, 0.2) is 182 Å². The first kappa shape index (κ1) is 36.3. The summed E-state index contributed by atoms with van der Waals surface area (Å²) in [5.74, 6) is 2.75. The van der Waals surface area contributed by atoms with E-state index in [1.807, 2.05) is 11.3 Å². The van der Waals surface area contributed by atoms with E-state index in [9.17, 15) is 0 Å². The van der Waals surface area contributed by atoms with E-state index >= 15 is 0 Å². The number of thiophene rings is 1. The van der Waals surface area contributed by atoms with Gasteiger partial charge in [-0.2, -0.15) is 0 Å². The first-order valence-corrected chi connectivity index (χ1v) is 23.5. The van der Waals surface area contributed by atoms with Crippen LogP contribution in [0.4, 0.5) is 17.1 Å². The van der Waals surface area contributed by atoms with E-state index in [-0.39, 0.29) is 5.41 Å². The standard InChI is InChI=1S/C59H48N2S/c1-37-33-40-35-38(2)36-41(34-37)59(40)49-22-10-12-24-52(49)61-51-23-11-8-19-47(51)57-53(32-31-50(59)58(57)61)60(42-15-4-3-5-16-42)43-29-27-39(28-30-43)44-17-6-7-18-45(44)46-21-14-26-55-56(46)48-20-9-13-25-54(48)62-55/h3-32,37-38,40-41H,33-36H2,1-2H3. The molecule has 0 atom stereocenters. The molecule has 1 spiro atoms. The quantitative estimate of drug-likeness (QED) is 0.168. The third-order valence-electron chi connectivity index (χ3n) is 15.2. The number of nitrogens with zero attached hydrogens (tertiary/aromatic N) is 2. The highest BCUT2D eigenvalue weighted by molar-refractivity contribution is 7.25. The Kier molecular flexibility index (Phi) is 8.07. The number of fused-ring (bicyclic) bond motifs is 8. The summed E-state index contributed by atoms with van der Waals surface area (Å²) in [6.07, 6.45) is 5.18. The molecule has 10 aromatic rings. The zero-order chi connectivity index (χ0) is 41.1. The molecule has 62 heavy (non-hydrogen) atoms. The Hall–Kier alpha value is -6.42. The fourth-order valence-corrected chi connectivity index (χ4v) is 14.2. The summed E-state index contributed by atoms with van der Waals surface area (Å²) in [4.78, 5) is 2.52. The van der Waals surface area contributed by atoms with Gasteiger partial charge in [-0.15, -0.1) is 11.3 Å². The van der Waals surface area contributed by atoms with Crippen molar-refractivity contribution in [3.63, 3.8) is 0 Å². The fraction of sp³-hybridized carbons (Fsp3) is 0.186. The van der Waals surface area contributed by atoms with Gasteiger partial charge < -0.3 is 9.47 Å². The van der Waals surface area contributed by atoms with Crippen molar-refractivity contribution >= 4 is 70.4 Å². The van der Waals surface area contributed by atoms with Crippen LogP contribution in [0.1, 0.15) is 50.7 Å². The van der Waals surface area contributed by atoms with Gasteiger partial charge in [-0.1, -0.05) is 141 Å². The summed E-state index contributed by atoms with van der Waals surface area (Å²) < 4.78 is 5.30. The van der Waals surface area contributed by atoms with Gasteiger partial charge in [-0.05, 0) is 137 Å². The van der Waals surface area contributed by atoms with Crippen molar-refractivity contribution in [1.82, 2.24) is 4.57 Å². The second-order valence-corrected chi connectivity index (χ2v) is 19.8. The van der Waals surface area contributed by atoms with E-state index in [2.05, 4.69) is 205 Å². The third-order valence-corrected chi connectivity index (χ3v) is 16.3. The highest BCUT2D eigenvalue weighted by Crippen LogP contribution is 2.65. The average Bonchev–Trinajstić information content (AvgIpc) is 3.87. The van der Waals surface area contributed by atoms with Crippen LogP contribution in [0.5, 0.6) is 0 Å². The van der Waals surface area contributed by atoms with Crippen LogP contribution in [0.2, 0.25) is 0 Å². The van der Waals surface area contributed by atoms with Crippen LogP contribution in [0.3, 0.4) is 0 Å². The Labute approximate surface area is 367 Å². The van der Waals surface area contributed by atoms with Crippen LogP contribution in [-0.2, 0) is 5.41 Å². The van der Waals surface area contributed by atoms with Gasteiger partial charge >= 0.3 is 0 Å². The lowest BCUT2D eigenvalue weighted by molar-refractivity contribution is 0.0271. The number of benzene rings is 8. The van der Waals surface area contributed by atoms with E-state index in [1.54, 1.807) is 11.1 Å². The molecule has 3 heteroatoms. The Balaban J connectivity index is 1.02. The van der Waals surface area contributed by atoms with Crippen molar-refractivity contribution in [2.45, 2.75) is 44.9 Å². The Morgan fingerprint density at radius 3 is 1.89 bits per heavy atom. The maximum atomic E-state index is 2.64. The maximum Gasteiger partial charge on any atom is 0.0603 e. The van der Waals surface area contributed by atoms with Crippen LogP contribution in [0, 0.1) is 23.7 Å². The fourth-order valence-electron chi connectivity index (χ4n) is 13.1. The van der Waals surface area contributed by atoms with Crippen molar-refractivity contribution in [3.05, 3.63) is 193 Å². The van der Waals surface area contributed by atoms with E-state index in [0.717, 1.165) is 23.2 Å². The predicted octanol–water partition coefficient (Wildman–Crippen LogP) is 16.6. The molecule has 300 valence electrons. The van der Waals surface area contributed by atoms with Crippen LogP contribution >= 0.6 is 11.3 Å². The maximum absolute atomic E-state index is 2.64. The van der Waals surface area contributed by atoms with Gasteiger partial charge in [0.2, 0.25) is 0 Å². The van der Waals surface area contributed by atoms with Gasteiger partial charge in [0.1, 0.15) is 0 Å². The van der Waals surface area contributed by atoms with Crippen molar-refractivity contribution < 1.29 is 0 Å². The van der Waals surface area contributed by atoms with Gasteiger partial charge in [0.05, 0.1) is 22.4 Å². The number of hydrogen-bond donors (Lipinski definition) is 0. The van der Waals surface area contributed by atoms with Gasteiger partial charge in [0.25, 0.3) is 0 Å². The monoisotopic (exact) mass is 816 g/mol. The van der Waals surface area contributed by atoms with E-state index in [1.165, 1.54) is 101 Å². The van der Waals surface area contributed by atoms with E-state index in [4.69, 9.17) is 0 Å². The highest BCUT2D eigenvalue weighted by atomic mass is 32.1. The molecule has 2 fully saturated rings. The smallest absolute Gasteiger partial charge is 0.0603 e. The van der Waals surface area contributed by atoms with E-state index in [0.29, 0.717) is 11.8 Å². The summed E-state index contributed by atoms with van der Waals surface area (Å²) in [6, 6.07) is 68.7.